The number of carbonyl (C=O) groups excluding carboxylic acids is 2. The molecule has 1 aromatic heterocycles. The molecule has 1 aliphatic heterocycles. The lowest BCUT2D eigenvalue weighted by atomic mass is 9.85. The molecule has 6 rings (SSSR count). The van der Waals surface area contributed by atoms with Gasteiger partial charge in [0.05, 0.1) is 17.6 Å². The first kappa shape index (κ1) is 25.4. The smallest absolute Gasteiger partial charge is 0.258 e. The number of hydrogen-bond donors (Lipinski definition) is 3. The van der Waals surface area contributed by atoms with Crippen molar-refractivity contribution in [3.8, 4) is 11.1 Å². The normalized spacial score (nSPS) is 17.0. The van der Waals surface area contributed by atoms with Crippen LogP contribution in [0.2, 0.25) is 0 Å². The summed E-state index contributed by atoms with van der Waals surface area (Å²) in [5.41, 5.74) is 16.3. The number of rotatable bonds is 4. The topological polar surface area (TPSA) is 99.4 Å². The first-order valence-electron chi connectivity index (χ1n) is 13.7. The molecule has 0 saturated carbocycles. The number of primary amides is 1. The van der Waals surface area contributed by atoms with Gasteiger partial charge in [-0.05, 0) is 89.1 Å². The van der Waals surface area contributed by atoms with Gasteiger partial charge in [-0.2, -0.15) is 0 Å². The number of nitrogens with two attached hydrogens (primary N) is 1. The second-order valence-electron chi connectivity index (χ2n) is 12.1. The Hall–Kier alpha value is -3.90. The Bertz CT molecular complexity index is 1660. The number of hydrogen-bond acceptors (Lipinski definition) is 3. The molecule has 6 nitrogen and oxygen atoms in total. The van der Waals surface area contributed by atoms with Crippen LogP contribution < -0.4 is 10.6 Å². The van der Waals surface area contributed by atoms with E-state index in [1.807, 2.05) is 29.2 Å². The van der Waals surface area contributed by atoms with E-state index in [1.165, 1.54) is 11.1 Å². The third-order valence-corrected chi connectivity index (χ3v) is 8.63. The van der Waals surface area contributed by atoms with Crippen LogP contribution in [0.1, 0.15) is 75.9 Å². The number of carbonyl (C=O) groups is 2. The first-order chi connectivity index (χ1) is 18.6. The molecule has 1 atom stereocenters. The Morgan fingerprint density at radius 2 is 1.87 bits per heavy atom. The van der Waals surface area contributed by atoms with Gasteiger partial charge in [0.1, 0.15) is 0 Å². The summed E-state index contributed by atoms with van der Waals surface area (Å²) < 4.78 is 0. The second-order valence-corrected chi connectivity index (χ2v) is 12.1. The molecule has 4 N–H and O–H groups in total. The van der Waals surface area contributed by atoms with Gasteiger partial charge in [0.15, 0.2) is 0 Å². The molecule has 2 amide bonds. The van der Waals surface area contributed by atoms with E-state index in [-0.39, 0.29) is 23.8 Å². The number of nitrogens with zero attached hydrogens (tertiary/aromatic N) is 1. The van der Waals surface area contributed by atoms with Gasteiger partial charge in [0.2, 0.25) is 0 Å². The lowest BCUT2D eigenvalue weighted by Gasteiger charge is -2.22. The van der Waals surface area contributed by atoms with Crippen molar-refractivity contribution in [1.82, 2.24) is 4.98 Å². The maximum Gasteiger partial charge on any atom is 0.258 e. The van der Waals surface area contributed by atoms with Crippen molar-refractivity contribution in [3.05, 3.63) is 87.6 Å². The molecule has 0 radical (unpaired) electrons. The maximum absolute atomic E-state index is 13.5. The highest BCUT2D eigenvalue weighted by Gasteiger charge is 2.32. The molecule has 0 bridgehead atoms. The summed E-state index contributed by atoms with van der Waals surface area (Å²) in [5.74, 6) is -0.240. The fraction of sp³-hybridized carbons (Fsp3) is 0.333. The SMILES string of the molecule is Cc1c(-c2ccc(C(N)=O)c3[nH]c4c(c23)CCC(CO)C4)cccc1N1Cc2cc(C(C)(C)C)ccc2C1=O. The van der Waals surface area contributed by atoms with Crippen molar-refractivity contribution < 1.29 is 14.7 Å². The number of nitrogens with one attached hydrogen (secondary N) is 1. The minimum absolute atomic E-state index is 0.0106. The second kappa shape index (κ2) is 9.09. The van der Waals surface area contributed by atoms with Crippen LogP contribution in [0.3, 0.4) is 0 Å². The van der Waals surface area contributed by atoms with E-state index in [9.17, 15) is 14.7 Å². The van der Waals surface area contributed by atoms with Crippen molar-refractivity contribution in [1.29, 1.82) is 0 Å². The Morgan fingerprint density at radius 1 is 1.10 bits per heavy atom. The van der Waals surface area contributed by atoms with E-state index >= 15 is 0 Å². The van der Waals surface area contributed by atoms with E-state index in [1.54, 1.807) is 6.07 Å². The number of aromatic nitrogens is 1. The van der Waals surface area contributed by atoms with Crippen LogP contribution in [-0.4, -0.2) is 28.5 Å². The monoisotopic (exact) mass is 521 g/mol. The zero-order valence-corrected chi connectivity index (χ0v) is 23.0. The highest BCUT2D eigenvalue weighted by molar-refractivity contribution is 6.13. The number of aliphatic hydroxyl groups excluding tert-OH is 1. The van der Waals surface area contributed by atoms with Gasteiger partial charge in [-0.1, -0.05) is 51.1 Å². The molecule has 0 saturated heterocycles. The predicted octanol–water partition coefficient (Wildman–Crippen LogP) is 5.80. The summed E-state index contributed by atoms with van der Waals surface area (Å²) in [6.45, 7) is 9.31. The highest BCUT2D eigenvalue weighted by Crippen LogP contribution is 2.42. The summed E-state index contributed by atoms with van der Waals surface area (Å²) in [6, 6.07) is 16.1. The summed E-state index contributed by atoms with van der Waals surface area (Å²) >= 11 is 0. The van der Waals surface area contributed by atoms with Crippen LogP contribution in [0.5, 0.6) is 0 Å². The van der Waals surface area contributed by atoms with Crippen LogP contribution in [-0.2, 0) is 24.8 Å². The predicted molar refractivity (Wildman–Crippen MR) is 155 cm³/mol. The van der Waals surface area contributed by atoms with Crippen LogP contribution in [0.4, 0.5) is 5.69 Å². The zero-order chi connectivity index (χ0) is 27.6. The Balaban J connectivity index is 1.47. The number of benzene rings is 3. The Labute approximate surface area is 228 Å². The Morgan fingerprint density at radius 3 is 2.59 bits per heavy atom. The average Bonchev–Trinajstić information content (AvgIpc) is 3.45. The molecule has 200 valence electrons. The fourth-order valence-corrected chi connectivity index (χ4v) is 6.39. The van der Waals surface area contributed by atoms with Gasteiger partial charge in [-0.25, -0.2) is 0 Å². The van der Waals surface area contributed by atoms with Crippen LogP contribution in [0.25, 0.3) is 22.0 Å². The number of aryl methyl sites for hydroxylation is 1. The summed E-state index contributed by atoms with van der Waals surface area (Å²) in [7, 11) is 0. The third kappa shape index (κ3) is 4.05. The van der Waals surface area contributed by atoms with Gasteiger partial charge in [0.25, 0.3) is 11.8 Å². The molecular weight excluding hydrogens is 486 g/mol. The molecule has 1 aliphatic carbocycles. The standard InChI is InChI=1S/C33H35N3O3/c1-18-22(6-5-7-28(18)36-16-20-15-21(33(2,3)4)9-11-23(20)32(36)39)24-12-13-26(31(34)38)30-29(24)25-10-8-19(17-37)14-27(25)35-30/h5-7,9,11-13,15,19,35,37H,8,10,14,16-17H2,1-4H3,(H2,34,38). The van der Waals surface area contributed by atoms with E-state index in [2.05, 4.69) is 50.9 Å². The summed E-state index contributed by atoms with van der Waals surface area (Å²) in [5, 5.41) is 10.8. The third-order valence-electron chi connectivity index (χ3n) is 8.63. The minimum atomic E-state index is -0.468. The lowest BCUT2D eigenvalue weighted by molar-refractivity contribution is 0.0990. The lowest BCUT2D eigenvalue weighted by Crippen LogP contribution is -2.24. The molecule has 6 heteroatoms. The Kier molecular flexibility index (Phi) is 5.92. The van der Waals surface area contributed by atoms with Crippen LogP contribution in [0, 0.1) is 12.8 Å². The molecule has 2 aliphatic rings. The quantitative estimate of drug-likeness (QED) is 0.317. The van der Waals surface area contributed by atoms with Crippen molar-refractivity contribution >= 4 is 28.4 Å². The van der Waals surface area contributed by atoms with Crippen molar-refractivity contribution in [2.24, 2.45) is 11.7 Å². The summed E-state index contributed by atoms with van der Waals surface area (Å²) in [4.78, 5) is 31.3. The van der Waals surface area contributed by atoms with Gasteiger partial charge >= 0.3 is 0 Å². The number of aliphatic hydroxyl groups is 1. The number of H-pyrrole nitrogens is 1. The van der Waals surface area contributed by atoms with Crippen molar-refractivity contribution in [3.63, 3.8) is 0 Å². The van der Waals surface area contributed by atoms with Gasteiger partial charge in [-0.3, -0.25) is 9.59 Å². The molecule has 39 heavy (non-hydrogen) atoms. The zero-order valence-electron chi connectivity index (χ0n) is 23.0. The maximum atomic E-state index is 13.5. The van der Waals surface area contributed by atoms with E-state index < -0.39 is 5.91 Å². The number of aromatic amines is 1. The molecule has 1 unspecified atom stereocenters. The number of amides is 2. The molecule has 0 spiro atoms. The van der Waals surface area contributed by atoms with Crippen molar-refractivity contribution in [2.75, 3.05) is 11.5 Å². The molecule has 0 fully saturated rings. The molecule has 3 aromatic carbocycles. The molecular formula is C33H35N3O3. The van der Waals surface area contributed by atoms with E-state index in [4.69, 9.17) is 5.73 Å². The van der Waals surface area contributed by atoms with Gasteiger partial charge < -0.3 is 20.7 Å². The fourth-order valence-electron chi connectivity index (χ4n) is 6.39. The van der Waals surface area contributed by atoms with Gasteiger partial charge in [-0.15, -0.1) is 0 Å². The van der Waals surface area contributed by atoms with Gasteiger partial charge in [0, 0.05) is 28.9 Å². The molecule has 2 heterocycles. The van der Waals surface area contributed by atoms with Crippen molar-refractivity contribution in [2.45, 2.75) is 58.9 Å². The first-order valence-corrected chi connectivity index (χ1v) is 13.7. The van der Waals surface area contributed by atoms with E-state index in [0.29, 0.717) is 12.1 Å². The largest absolute Gasteiger partial charge is 0.396 e. The number of anilines is 1. The van der Waals surface area contributed by atoms with Crippen LogP contribution >= 0.6 is 0 Å². The average molecular weight is 522 g/mol. The van der Waals surface area contributed by atoms with Crippen LogP contribution in [0.15, 0.2) is 48.5 Å². The molecule has 4 aromatic rings. The highest BCUT2D eigenvalue weighted by atomic mass is 16.3. The number of fused-ring (bicyclic) bond motifs is 4. The van der Waals surface area contributed by atoms with E-state index in [0.717, 1.165) is 69.4 Å². The summed E-state index contributed by atoms with van der Waals surface area (Å²) in [6.07, 6.45) is 2.46. The minimum Gasteiger partial charge on any atom is -0.396 e.